The summed E-state index contributed by atoms with van der Waals surface area (Å²) in [6, 6.07) is 3.59. The third kappa shape index (κ3) is 4.11. The van der Waals surface area contributed by atoms with Crippen LogP contribution < -0.4 is 15.8 Å². The molecule has 5 nitrogen and oxygen atoms in total. The Hall–Kier alpha value is -1.49. The first-order valence-corrected chi connectivity index (χ1v) is 5.86. The van der Waals surface area contributed by atoms with Crippen molar-refractivity contribution in [3.8, 4) is 5.88 Å². The molecule has 0 aliphatic carbocycles. The summed E-state index contributed by atoms with van der Waals surface area (Å²) in [5.41, 5.74) is 6.21. The average Bonchev–Trinajstić information content (AvgIpc) is 2.36. The Morgan fingerprint density at radius 2 is 2.29 bits per heavy atom. The summed E-state index contributed by atoms with van der Waals surface area (Å²) in [4.78, 5) is 4.24. The van der Waals surface area contributed by atoms with E-state index in [-0.39, 0.29) is 6.61 Å². The molecule has 0 spiro atoms. The lowest BCUT2D eigenvalue weighted by Crippen LogP contribution is -2.15. The number of pyridine rings is 1. The molecule has 0 fully saturated rings. The smallest absolute Gasteiger partial charge is 0.238 e. The lowest BCUT2D eigenvalue weighted by Gasteiger charge is -2.15. The van der Waals surface area contributed by atoms with Crippen molar-refractivity contribution in [3.05, 3.63) is 12.1 Å². The number of hydrogen-bond donors (Lipinski definition) is 3. The second-order valence-electron chi connectivity index (χ2n) is 3.96. The van der Waals surface area contributed by atoms with Crippen molar-refractivity contribution < 1.29 is 9.84 Å². The van der Waals surface area contributed by atoms with Crippen molar-refractivity contribution >= 4 is 11.5 Å². The van der Waals surface area contributed by atoms with Gasteiger partial charge >= 0.3 is 0 Å². The van der Waals surface area contributed by atoms with Gasteiger partial charge in [0.05, 0.1) is 12.8 Å². The van der Waals surface area contributed by atoms with E-state index in [2.05, 4.69) is 17.2 Å². The second-order valence-corrected chi connectivity index (χ2v) is 3.96. The molecule has 5 heteroatoms. The molecule has 1 rings (SSSR count). The molecule has 1 heterocycles. The maximum atomic E-state index is 8.90. The van der Waals surface area contributed by atoms with E-state index in [1.807, 2.05) is 6.07 Å². The van der Waals surface area contributed by atoms with E-state index >= 15 is 0 Å². The number of nitrogens with zero attached hydrogens (tertiary/aromatic N) is 1. The van der Waals surface area contributed by atoms with Crippen LogP contribution in [0.1, 0.15) is 19.8 Å². The van der Waals surface area contributed by atoms with Gasteiger partial charge in [-0.15, -0.1) is 0 Å². The van der Waals surface area contributed by atoms with Crippen LogP contribution in [-0.2, 0) is 0 Å². The zero-order valence-electron chi connectivity index (χ0n) is 10.4. The van der Waals surface area contributed by atoms with Gasteiger partial charge in [-0.25, -0.2) is 0 Å². The summed E-state index contributed by atoms with van der Waals surface area (Å²) < 4.78 is 5.05. The van der Waals surface area contributed by atoms with Crippen LogP contribution in [0.2, 0.25) is 0 Å². The van der Waals surface area contributed by atoms with Crippen molar-refractivity contribution in [1.29, 1.82) is 0 Å². The van der Waals surface area contributed by atoms with Crippen LogP contribution in [0.4, 0.5) is 11.5 Å². The summed E-state index contributed by atoms with van der Waals surface area (Å²) in [6.07, 6.45) is 1.83. The molecule has 4 N–H and O–H groups in total. The minimum atomic E-state index is 0.221. The van der Waals surface area contributed by atoms with Crippen molar-refractivity contribution in [2.75, 3.05) is 31.3 Å². The average molecular weight is 239 g/mol. The van der Waals surface area contributed by atoms with Gasteiger partial charge in [0.1, 0.15) is 5.82 Å². The lowest BCUT2D eigenvalue weighted by molar-refractivity contribution is 0.258. The van der Waals surface area contributed by atoms with Crippen LogP contribution in [-0.4, -0.2) is 30.4 Å². The predicted molar refractivity (Wildman–Crippen MR) is 69.2 cm³/mol. The highest BCUT2D eigenvalue weighted by molar-refractivity contribution is 5.53. The van der Waals surface area contributed by atoms with Crippen LogP contribution in [0, 0.1) is 5.92 Å². The second kappa shape index (κ2) is 6.96. The fraction of sp³-hybridized carbons (Fsp3) is 0.583. The Morgan fingerprint density at radius 3 is 2.88 bits per heavy atom. The molecule has 0 amide bonds. The maximum absolute atomic E-state index is 8.90. The first kappa shape index (κ1) is 13.6. The number of anilines is 2. The first-order valence-electron chi connectivity index (χ1n) is 5.86. The monoisotopic (exact) mass is 239 g/mol. The summed E-state index contributed by atoms with van der Waals surface area (Å²) in [5.74, 6) is 1.63. The topological polar surface area (TPSA) is 80.4 Å². The SMILES string of the molecule is CCC(CCO)CNc1ccc(N)c(OC)n1. The number of nitrogens with one attached hydrogen (secondary N) is 1. The number of nitrogen functional groups attached to an aromatic ring is 1. The molecule has 1 atom stereocenters. The van der Waals surface area contributed by atoms with E-state index in [0.717, 1.165) is 25.2 Å². The largest absolute Gasteiger partial charge is 0.479 e. The quantitative estimate of drug-likeness (QED) is 0.671. The fourth-order valence-electron chi connectivity index (χ4n) is 1.60. The molecule has 0 aliphatic heterocycles. The van der Waals surface area contributed by atoms with Gasteiger partial charge in [0, 0.05) is 13.2 Å². The number of methoxy groups -OCH3 is 1. The van der Waals surface area contributed by atoms with E-state index in [4.69, 9.17) is 15.6 Å². The number of hydrogen-bond acceptors (Lipinski definition) is 5. The molecule has 0 radical (unpaired) electrons. The molecule has 0 bridgehead atoms. The summed E-state index contributed by atoms with van der Waals surface area (Å²) in [7, 11) is 1.54. The highest BCUT2D eigenvalue weighted by Crippen LogP contribution is 2.20. The standard InChI is InChI=1S/C12H21N3O2/c1-3-9(6-7-16)8-14-11-5-4-10(13)12(15-11)17-2/h4-5,9,16H,3,6-8,13H2,1-2H3,(H,14,15). The number of nitrogens with two attached hydrogens (primary N) is 1. The van der Waals surface area contributed by atoms with E-state index in [0.29, 0.717) is 17.5 Å². The van der Waals surface area contributed by atoms with Crippen molar-refractivity contribution in [3.63, 3.8) is 0 Å². The molecule has 1 aromatic heterocycles. The lowest BCUT2D eigenvalue weighted by atomic mass is 10.0. The Morgan fingerprint density at radius 1 is 1.53 bits per heavy atom. The van der Waals surface area contributed by atoms with Crippen molar-refractivity contribution in [2.24, 2.45) is 5.92 Å². The maximum Gasteiger partial charge on any atom is 0.238 e. The van der Waals surface area contributed by atoms with Gasteiger partial charge in [-0.1, -0.05) is 13.3 Å². The van der Waals surface area contributed by atoms with Gasteiger partial charge < -0.3 is 20.9 Å². The normalized spacial score (nSPS) is 12.2. The van der Waals surface area contributed by atoms with E-state index in [1.165, 1.54) is 0 Å². The molecular weight excluding hydrogens is 218 g/mol. The Labute approximate surface area is 102 Å². The van der Waals surface area contributed by atoms with Gasteiger partial charge in [-0.2, -0.15) is 4.98 Å². The Bertz CT molecular complexity index is 345. The summed E-state index contributed by atoms with van der Waals surface area (Å²) in [6.45, 7) is 3.12. The van der Waals surface area contributed by atoms with Crippen LogP contribution in [0.25, 0.3) is 0 Å². The van der Waals surface area contributed by atoms with Crippen LogP contribution in [0.5, 0.6) is 5.88 Å². The van der Waals surface area contributed by atoms with Gasteiger partial charge in [0.2, 0.25) is 5.88 Å². The first-order chi connectivity index (χ1) is 8.21. The molecule has 0 saturated carbocycles. The van der Waals surface area contributed by atoms with Crippen LogP contribution in [0.15, 0.2) is 12.1 Å². The van der Waals surface area contributed by atoms with Crippen LogP contribution >= 0.6 is 0 Å². The van der Waals surface area contributed by atoms with Crippen LogP contribution in [0.3, 0.4) is 0 Å². The van der Waals surface area contributed by atoms with Gasteiger partial charge in [0.15, 0.2) is 0 Å². The molecule has 0 aliphatic rings. The number of aliphatic hydroxyl groups is 1. The third-order valence-electron chi connectivity index (χ3n) is 2.77. The molecular formula is C12H21N3O2. The molecule has 1 aromatic rings. The van der Waals surface area contributed by atoms with Gasteiger partial charge in [0.25, 0.3) is 0 Å². The van der Waals surface area contributed by atoms with Gasteiger partial charge in [-0.3, -0.25) is 0 Å². The Kier molecular flexibility index (Phi) is 5.56. The molecule has 17 heavy (non-hydrogen) atoms. The molecule has 0 aromatic carbocycles. The Balaban J connectivity index is 2.56. The zero-order chi connectivity index (χ0) is 12.7. The van der Waals surface area contributed by atoms with E-state index in [1.54, 1.807) is 13.2 Å². The minimum absolute atomic E-state index is 0.221. The van der Waals surface area contributed by atoms with E-state index < -0.39 is 0 Å². The minimum Gasteiger partial charge on any atom is -0.479 e. The fourth-order valence-corrected chi connectivity index (χ4v) is 1.60. The predicted octanol–water partition coefficient (Wildman–Crippen LogP) is 1.49. The summed E-state index contributed by atoms with van der Waals surface area (Å²) in [5, 5.41) is 12.1. The number of rotatable bonds is 7. The number of aliphatic hydroxyl groups excluding tert-OH is 1. The third-order valence-corrected chi connectivity index (χ3v) is 2.77. The molecule has 1 unspecified atom stereocenters. The highest BCUT2D eigenvalue weighted by atomic mass is 16.5. The van der Waals surface area contributed by atoms with Gasteiger partial charge in [-0.05, 0) is 24.5 Å². The molecule has 0 saturated heterocycles. The highest BCUT2D eigenvalue weighted by Gasteiger charge is 2.07. The number of aromatic nitrogens is 1. The van der Waals surface area contributed by atoms with Crippen molar-refractivity contribution in [2.45, 2.75) is 19.8 Å². The summed E-state index contributed by atoms with van der Waals surface area (Å²) >= 11 is 0. The molecule has 96 valence electrons. The number of ether oxygens (including phenoxy) is 1. The van der Waals surface area contributed by atoms with E-state index in [9.17, 15) is 0 Å². The zero-order valence-corrected chi connectivity index (χ0v) is 10.4. The van der Waals surface area contributed by atoms with Crippen molar-refractivity contribution in [1.82, 2.24) is 4.98 Å².